The molecule has 2 aromatic carbocycles. The van der Waals surface area contributed by atoms with Gasteiger partial charge in [0, 0.05) is 56.3 Å². The van der Waals surface area contributed by atoms with Crippen LogP contribution in [0.25, 0.3) is 5.52 Å². The minimum absolute atomic E-state index is 0.0171. The van der Waals surface area contributed by atoms with Crippen LogP contribution in [0.15, 0.2) is 71.8 Å². The molecule has 1 N–H and O–H groups in total. The molecule has 0 atom stereocenters. The number of aromatic amines is 1. The van der Waals surface area contributed by atoms with E-state index in [-0.39, 0.29) is 17.0 Å². The molecule has 2 aromatic heterocycles. The van der Waals surface area contributed by atoms with Crippen molar-refractivity contribution in [2.24, 2.45) is 0 Å². The van der Waals surface area contributed by atoms with Crippen LogP contribution < -0.4 is 5.56 Å². The van der Waals surface area contributed by atoms with E-state index in [0.29, 0.717) is 54.3 Å². The number of halogens is 2. The molecule has 4 aromatic rings. The van der Waals surface area contributed by atoms with Gasteiger partial charge in [0.15, 0.2) is 0 Å². The molecule has 7 nitrogen and oxygen atoms in total. The summed E-state index contributed by atoms with van der Waals surface area (Å²) in [5, 5.41) is 0.433. The molecule has 35 heavy (non-hydrogen) atoms. The Labute approximate surface area is 205 Å². The van der Waals surface area contributed by atoms with E-state index < -0.39 is 11.7 Å². The zero-order valence-corrected chi connectivity index (χ0v) is 19.5. The van der Waals surface area contributed by atoms with Crippen molar-refractivity contribution in [1.82, 2.24) is 19.2 Å². The monoisotopic (exact) mass is 492 g/mol. The lowest BCUT2D eigenvalue weighted by Gasteiger charge is -2.35. The maximum absolute atomic E-state index is 14.7. The molecule has 0 unspecified atom stereocenters. The maximum atomic E-state index is 14.7. The largest absolute Gasteiger partial charge is 0.335 e. The normalized spacial score (nSPS) is 13.9. The molecule has 1 saturated heterocycles. The molecule has 1 aliphatic heterocycles. The fourth-order valence-corrected chi connectivity index (χ4v) is 4.57. The molecular weight excluding hydrogens is 471 g/mol. The predicted molar refractivity (Wildman–Crippen MR) is 130 cm³/mol. The first kappa shape index (κ1) is 22.9. The summed E-state index contributed by atoms with van der Waals surface area (Å²) in [4.78, 5) is 43.8. The number of amides is 2. The van der Waals surface area contributed by atoms with Crippen LogP contribution in [0, 0.1) is 5.82 Å². The number of nitrogens with zero attached hydrogens (tertiary/aromatic N) is 3. The summed E-state index contributed by atoms with van der Waals surface area (Å²) in [5.74, 6) is -1.09. The van der Waals surface area contributed by atoms with Crippen molar-refractivity contribution in [1.29, 1.82) is 0 Å². The van der Waals surface area contributed by atoms with Gasteiger partial charge < -0.3 is 19.2 Å². The van der Waals surface area contributed by atoms with Crippen molar-refractivity contribution in [3.8, 4) is 0 Å². The quantitative estimate of drug-likeness (QED) is 0.473. The number of benzene rings is 2. The number of hydrogen-bond acceptors (Lipinski definition) is 3. The van der Waals surface area contributed by atoms with E-state index in [1.807, 2.05) is 18.2 Å². The Hall–Kier alpha value is -3.91. The van der Waals surface area contributed by atoms with Gasteiger partial charge in [-0.15, -0.1) is 0 Å². The van der Waals surface area contributed by atoms with Gasteiger partial charge in [0.1, 0.15) is 11.3 Å². The number of piperazine rings is 1. The summed E-state index contributed by atoms with van der Waals surface area (Å²) >= 11 is 6.07. The molecule has 1 fully saturated rings. The van der Waals surface area contributed by atoms with E-state index in [1.165, 1.54) is 6.07 Å². The molecule has 0 spiro atoms. The maximum Gasteiger partial charge on any atom is 0.272 e. The molecule has 0 saturated carbocycles. The van der Waals surface area contributed by atoms with Crippen molar-refractivity contribution in [3.63, 3.8) is 0 Å². The minimum atomic E-state index is -0.600. The van der Waals surface area contributed by atoms with Gasteiger partial charge in [-0.05, 0) is 35.9 Å². The number of rotatable bonds is 4. The van der Waals surface area contributed by atoms with Gasteiger partial charge in [0.25, 0.3) is 17.4 Å². The standard InChI is InChI=1S/C26H22ClFN4O3/c27-19-14-23-24(33)29-15-20(32(23)16-19)12-17-6-7-22(28)21(13-17)26(35)31-10-8-30(9-11-31)25(34)18-4-2-1-3-5-18/h1-7,13-16H,8-12H2,(H,29,33). The lowest BCUT2D eigenvalue weighted by atomic mass is 10.0. The highest BCUT2D eigenvalue weighted by molar-refractivity contribution is 6.31. The Morgan fingerprint density at radius 1 is 0.943 bits per heavy atom. The van der Waals surface area contributed by atoms with Gasteiger partial charge in [-0.25, -0.2) is 4.39 Å². The predicted octanol–water partition coefficient (Wildman–Crippen LogP) is 3.61. The summed E-state index contributed by atoms with van der Waals surface area (Å²) < 4.78 is 16.4. The Bertz CT molecular complexity index is 1470. The Balaban J connectivity index is 1.31. The van der Waals surface area contributed by atoms with Crippen LogP contribution in [-0.4, -0.2) is 57.2 Å². The number of H-pyrrole nitrogens is 1. The van der Waals surface area contributed by atoms with E-state index in [4.69, 9.17) is 11.6 Å². The molecule has 0 aliphatic carbocycles. The molecule has 0 bridgehead atoms. The summed E-state index contributed by atoms with van der Waals surface area (Å²) in [7, 11) is 0. The van der Waals surface area contributed by atoms with Crippen LogP contribution in [0.4, 0.5) is 4.39 Å². The fourth-order valence-electron chi connectivity index (χ4n) is 4.37. The first-order valence-corrected chi connectivity index (χ1v) is 11.6. The number of carbonyl (C=O) groups excluding carboxylic acids is 2. The highest BCUT2D eigenvalue weighted by Gasteiger charge is 2.27. The number of aromatic nitrogens is 2. The van der Waals surface area contributed by atoms with Crippen molar-refractivity contribution in [2.75, 3.05) is 26.2 Å². The lowest BCUT2D eigenvalue weighted by Crippen LogP contribution is -2.50. The third kappa shape index (κ3) is 4.57. The van der Waals surface area contributed by atoms with Crippen molar-refractivity contribution in [3.05, 3.63) is 111 Å². The van der Waals surface area contributed by atoms with Gasteiger partial charge in [0.05, 0.1) is 10.6 Å². The molecule has 9 heteroatoms. The van der Waals surface area contributed by atoms with E-state index >= 15 is 0 Å². The van der Waals surface area contributed by atoms with E-state index in [2.05, 4.69) is 4.98 Å². The minimum Gasteiger partial charge on any atom is -0.335 e. The van der Waals surface area contributed by atoms with E-state index in [1.54, 1.807) is 56.9 Å². The molecular formula is C26H22ClFN4O3. The molecule has 5 rings (SSSR count). The Kier molecular flexibility index (Phi) is 6.13. The summed E-state index contributed by atoms with van der Waals surface area (Å²) in [6, 6.07) is 15.0. The summed E-state index contributed by atoms with van der Waals surface area (Å²) in [6.07, 6.45) is 3.59. The first-order chi connectivity index (χ1) is 16.9. The third-order valence-electron chi connectivity index (χ3n) is 6.22. The average molecular weight is 493 g/mol. The Morgan fingerprint density at radius 3 is 2.34 bits per heavy atom. The molecule has 178 valence electrons. The van der Waals surface area contributed by atoms with Crippen LogP contribution >= 0.6 is 11.6 Å². The first-order valence-electron chi connectivity index (χ1n) is 11.2. The average Bonchev–Trinajstić information content (AvgIpc) is 3.29. The lowest BCUT2D eigenvalue weighted by molar-refractivity contribution is 0.0532. The highest BCUT2D eigenvalue weighted by atomic mass is 35.5. The van der Waals surface area contributed by atoms with Crippen LogP contribution in [0.5, 0.6) is 0 Å². The van der Waals surface area contributed by atoms with Crippen LogP contribution in [0.1, 0.15) is 32.0 Å². The summed E-state index contributed by atoms with van der Waals surface area (Å²) in [6.45, 7) is 1.40. The van der Waals surface area contributed by atoms with Gasteiger partial charge in [-0.1, -0.05) is 35.9 Å². The van der Waals surface area contributed by atoms with Crippen LogP contribution in [-0.2, 0) is 6.42 Å². The fraction of sp³-hybridized carbons (Fsp3) is 0.192. The number of nitrogens with one attached hydrogen (secondary N) is 1. The number of hydrogen-bond donors (Lipinski definition) is 1. The topological polar surface area (TPSA) is 77.9 Å². The highest BCUT2D eigenvalue weighted by Crippen LogP contribution is 2.20. The van der Waals surface area contributed by atoms with Crippen LogP contribution in [0.3, 0.4) is 0 Å². The zero-order chi connectivity index (χ0) is 24.5. The van der Waals surface area contributed by atoms with Crippen molar-refractivity contribution < 1.29 is 14.0 Å². The smallest absolute Gasteiger partial charge is 0.272 e. The van der Waals surface area contributed by atoms with Gasteiger partial charge in [-0.2, -0.15) is 0 Å². The third-order valence-corrected chi connectivity index (χ3v) is 6.43. The summed E-state index contributed by atoms with van der Waals surface area (Å²) in [5.41, 5.74) is 2.19. The van der Waals surface area contributed by atoms with E-state index in [9.17, 15) is 18.8 Å². The number of fused-ring (bicyclic) bond motifs is 1. The van der Waals surface area contributed by atoms with Gasteiger partial charge >= 0.3 is 0 Å². The van der Waals surface area contributed by atoms with Crippen LogP contribution in [0.2, 0.25) is 5.02 Å². The Morgan fingerprint density at radius 2 is 1.63 bits per heavy atom. The molecule has 0 radical (unpaired) electrons. The second-order valence-electron chi connectivity index (χ2n) is 8.46. The number of carbonyl (C=O) groups is 2. The SMILES string of the molecule is O=C(c1ccccc1)N1CCN(C(=O)c2cc(Cc3c[nH]c(=O)c4cc(Cl)cn34)ccc2F)CC1. The second-order valence-corrected chi connectivity index (χ2v) is 8.90. The van der Waals surface area contributed by atoms with Crippen molar-refractivity contribution in [2.45, 2.75) is 6.42 Å². The van der Waals surface area contributed by atoms with E-state index in [0.717, 1.165) is 5.69 Å². The van der Waals surface area contributed by atoms with Crippen molar-refractivity contribution >= 4 is 28.9 Å². The molecule has 1 aliphatic rings. The van der Waals surface area contributed by atoms with Gasteiger partial charge in [-0.3, -0.25) is 14.4 Å². The molecule has 2 amide bonds. The second kappa shape index (κ2) is 9.38. The molecule has 3 heterocycles. The zero-order valence-electron chi connectivity index (χ0n) is 18.7. The van der Waals surface area contributed by atoms with Gasteiger partial charge in [0.2, 0.25) is 0 Å².